The lowest BCUT2D eigenvalue weighted by atomic mass is 10.1. The summed E-state index contributed by atoms with van der Waals surface area (Å²) in [6.07, 6.45) is 0.590. The number of nitrogens with one attached hydrogen (secondary N) is 2. The maximum Gasteiger partial charge on any atom is 0.287 e. The highest BCUT2D eigenvalue weighted by atomic mass is 35.5. The van der Waals surface area contributed by atoms with E-state index in [1.54, 1.807) is 27.2 Å². The second kappa shape index (κ2) is 11.7. The minimum absolute atomic E-state index is 0.00671. The predicted octanol–water partition coefficient (Wildman–Crippen LogP) is 3.12. The van der Waals surface area contributed by atoms with Crippen LogP contribution >= 0.6 is 11.6 Å². The Labute approximate surface area is 189 Å². The fourth-order valence-corrected chi connectivity index (χ4v) is 2.97. The molecule has 0 radical (unpaired) electrons. The number of hydrogen-bond acceptors (Lipinski definition) is 7. The summed E-state index contributed by atoms with van der Waals surface area (Å²) < 4.78 is 10.5. The van der Waals surface area contributed by atoms with E-state index in [0.29, 0.717) is 30.2 Å². The summed E-state index contributed by atoms with van der Waals surface area (Å²) in [4.78, 5) is 34.4. The molecule has 2 aromatic carbocycles. The Balaban J connectivity index is 1.82. The second-order valence-corrected chi connectivity index (χ2v) is 7.08. The molecule has 2 rings (SSSR count). The van der Waals surface area contributed by atoms with Gasteiger partial charge in [0.2, 0.25) is 5.91 Å². The van der Waals surface area contributed by atoms with E-state index in [-0.39, 0.29) is 28.6 Å². The molecular weight excluding hydrogens is 440 g/mol. The Kier molecular flexibility index (Phi) is 8.96. The number of hydrogen-bond donors (Lipinski definition) is 2. The van der Waals surface area contributed by atoms with Gasteiger partial charge in [0.15, 0.2) is 11.5 Å². The van der Waals surface area contributed by atoms with Gasteiger partial charge in [-0.15, -0.1) is 0 Å². The maximum absolute atomic E-state index is 12.1. The standard InChI is InChI=1S/C21H23ClN4O6/c1-13(24-25-21(28)15-5-6-17(26(29)30)16(22)12-15)10-20(27)23-9-8-14-4-7-18(31-2)19(11-14)32-3/h4-7,11-12H,8-10H2,1-3H3,(H,23,27)(H,25,28)/b24-13+. The maximum atomic E-state index is 12.1. The van der Waals surface area contributed by atoms with E-state index in [4.69, 9.17) is 21.1 Å². The van der Waals surface area contributed by atoms with Crippen molar-refractivity contribution >= 4 is 34.8 Å². The summed E-state index contributed by atoms with van der Waals surface area (Å²) in [7, 11) is 3.12. The van der Waals surface area contributed by atoms with Crippen molar-refractivity contribution in [1.82, 2.24) is 10.7 Å². The molecule has 170 valence electrons. The number of rotatable bonds is 10. The van der Waals surface area contributed by atoms with Gasteiger partial charge in [-0.1, -0.05) is 17.7 Å². The highest BCUT2D eigenvalue weighted by Gasteiger charge is 2.15. The molecule has 0 aliphatic heterocycles. The fraction of sp³-hybridized carbons (Fsp3) is 0.286. The molecule has 0 aliphatic carbocycles. The van der Waals surface area contributed by atoms with Gasteiger partial charge in [0, 0.05) is 23.9 Å². The average Bonchev–Trinajstić information content (AvgIpc) is 2.76. The number of ether oxygens (including phenoxy) is 2. The van der Waals surface area contributed by atoms with Gasteiger partial charge >= 0.3 is 0 Å². The van der Waals surface area contributed by atoms with Crippen molar-refractivity contribution in [1.29, 1.82) is 0 Å². The molecular formula is C21H23ClN4O6. The van der Waals surface area contributed by atoms with Gasteiger partial charge in [0.05, 0.1) is 25.6 Å². The topological polar surface area (TPSA) is 132 Å². The van der Waals surface area contributed by atoms with Crippen LogP contribution in [0.4, 0.5) is 5.69 Å². The summed E-state index contributed by atoms with van der Waals surface area (Å²) in [5.74, 6) is 0.392. The molecule has 11 heteroatoms. The van der Waals surface area contributed by atoms with E-state index in [2.05, 4.69) is 15.8 Å². The summed E-state index contributed by atoms with van der Waals surface area (Å²) >= 11 is 5.80. The zero-order valence-electron chi connectivity index (χ0n) is 17.8. The normalized spacial score (nSPS) is 10.9. The van der Waals surface area contributed by atoms with Gasteiger partial charge in [-0.3, -0.25) is 19.7 Å². The fourth-order valence-electron chi connectivity index (χ4n) is 2.72. The van der Waals surface area contributed by atoms with E-state index < -0.39 is 10.8 Å². The van der Waals surface area contributed by atoms with Crippen LogP contribution in [0.2, 0.25) is 5.02 Å². The van der Waals surface area contributed by atoms with Gasteiger partial charge in [-0.05, 0) is 43.2 Å². The van der Waals surface area contributed by atoms with Crippen molar-refractivity contribution in [2.24, 2.45) is 5.10 Å². The molecule has 0 saturated carbocycles. The molecule has 2 amide bonds. The van der Waals surface area contributed by atoms with Crippen LogP contribution in [-0.2, 0) is 11.2 Å². The lowest BCUT2D eigenvalue weighted by molar-refractivity contribution is -0.384. The Morgan fingerprint density at radius 2 is 1.84 bits per heavy atom. The van der Waals surface area contributed by atoms with Crippen LogP contribution in [0.1, 0.15) is 29.3 Å². The van der Waals surface area contributed by atoms with Crippen LogP contribution in [0.25, 0.3) is 0 Å². The molecule has 0 saturated heterocycles. The Morgan fingerprint density at radius 3 is 2.47 bits per heavy atom. The zero-order chi connectivity index (χ0) is 23.7. The summed E-state index contributed by atoms with van der Waals surface area (Å²) in [5.41, 5.74) is 3.47. The summed E-state index contributed by atoms with van der Waals surface area (Å²) in [6.45, 7) is 2.01. The van der Waals surface area contributed by atoms with Crippen molar-refractivity contribution in [2.45, 2.75) is 19.8 Å². The number of halogens is 1. The third kappa shape index (κ3) is 6.95. The molecule has 0 atom stereocenters. The number of nitrogens with zero attached hydrogens (tertiary/aromatic N) is 2. The molecule has 10 nitrogen and oxygen atoms in total. The third-order valence-corrected chi connectivity index (χ3v) is 4.66. The van der Waals surface area contributed by atoms with Crippen molar-refractivity contribution in [2.75, 3.05) is 20.8 Å². The van der Waals surface area contributed by atoms with Gasteiger partial charge in [-0.2, -0.15) is 5.10 Å². The lowest BCUT2D eigenvalue weighted by Crippen LogP contribution is -2.28. The highest BCUT2D eigenvalue weighted by Crippen LogP contribution is 2.27. The van der Waals surface area contributed by atoms with E-state index in [1.807, 2.05) is 12.1 Å². The van der Waals surface area contributed by atoms with Crippen LogP contribution in [0, 0.1) is 10.1 Å². The van der Waals surface area contributed by atoms with E-state index in [1.165, 1.54) is 12.1 Å². The average molecular weight is 463 g/mol. The van der Waals surface area contributed by atoms with Crippen molar-refractivity contribution in [3.05, 3.63) is 62.7 Å². The monoisotopic (exact) mass is 462 g/mol. The first kappa shape index (κ1) is 24.6. The zero-order valence-corrected chi connectivity index (χ0v) is 18.6. The molecule has 0 aliphatic rings. The van der Waals surface area contributed by atoms with Crippen molar-refractivity contribution in [3.8, 4) is 11.5 Å². The minimum Gasteiger partial charge on any atom is -0.493 e. The van der Waals surface area contributed by atoms with Crippen molar-refractivity contribution < 1.29 is 24.0 Å². The Hall–Kier alpha value is -3.66. The number of nitro groups is 1. The molecule has 2 N–H and O–H groups in total. The minimum atomic E-state index is -0.643. The smallest absolute Gasteiger partial charge is 0.287 e. The van der Waals surface area contributed by atoms with Crippen LogP contribution in [0.15, 0.2) is 41.5 Å². The number of carbonyl (C=O) groups is 2. The predicted molar refractivity (Wildman–Crippen MR) is 120 cm³/mol. The molecule has 0 aromatic heterocycles. The van der Waals surface area contributed by atoms with Gasteiger partial charge in [0.1, 0.15) is 5.02 Å². The lowest BCUT2D eigenvalue weighted by Gasteiger charge is -2.10. The van der Waals surface area contributed by atoms with Gasteiger partial charge < -0.3 is 14.8 Å². The third-order valence-electron chi connectivity index (χ3n) is 4.36. The number of methoxy groups -OCH3 is 2. The van der Waals surface area contributed by atoms with E-state index in [9.17, 15) is 19.7 Å². The van der Waals surface area contributed by atoms with Gasteiger partial charge in [0.25, 0.3) is 11.6 Å². The Morgan fingerprint density at radius 1 is 1.12 bits per heavy atom. The van der Waals surface area contributed by atoms with Crippen LogP contribution < -0.4 is 20.2 Å². The number of benzene rings is 2. The number of hydrazone groups is 1. The first-order chi connectivity index (χ1) is 15.2. The van der Waals surface area contributed by atoms with Crippen LogP contribution in [0.5, 0.6) is 11.5 Å². The Bertz CT molecular complexity index is 1040. The van der Waals surface area contributed by atoms with Crippen LogP contribution in [0.3, 0.4) is 0 Å². The number of carbonyl (C=O) groups excluding carboxylic acids is 2. The first-order valence-corrected chi connectivity index (χ1v) is 9.88. The van der Waals surface area contributed by atoms with E-state index in [0.717, 1.165) is 11.6 Å². The number of amides is 2. The molecule has 0 fully saturated rings. The first-order valence-electron chi connectivity index (χ1n) is 9.50. The van der Waals surface area contributed by atoms with Crippen molar-refractivity contribution in [3.63, 3.8) is 0 Å². The van der Waals surface area contributed by atoms with E-state index >= 15 is 0 Å². The molecule has 0 spiro atoms. The highest BCUT2D eigenvalue weighted by molar-refractivity contribution is 6.33. The second-order valence-electron chi connectivity index (χ2n) is 6.68. The molecule has 0 bridgehead atoms. The molecule has 0 unspecified atom stereocenters. The summed E-state index contributed by atoms with van der Waals surface area (Å²) in [5, 5.41) is 17.3. The van der Waals surface area contributed by atoms with Crippen LogP contribution in [-0.4, -0.2) is 43.2 Å². The largest absolute Gasteiger partial charge is 0.493 e. The summed E-state index contributed by atoms with van der Waals surface area (Å²) in [6, 6.07) is 9.12. The molecule has 0 heterocycles. The molecule has 2 aromatic rings. The molecule has 32 heavy (non-hydrogen) atoms. The van der Waals surface area contributed by atoms with Gasteiger partial charge in [-0.25, -0.2) is 5.43 Å². The SMILES string of the molecule is COc1ccc(CCNC(=O)C/C(C)=N/NC(=O)c2ccc([N+](=O)[O-])c(Cl)c2)cc1OC. The quantitative estimate of drug-likeness (QED) is 0.316. The number of nitro benzene ring substituents is 1.